The zero-order valence-electron chi connectivity index (χ0n) is 17.5. The third kappa shape index (κ3) is 4.20. The van der Waals surface area contributed by atoms with Crippen LogP contribution in [0.25, 0.3) is 10.9 Å². The molecule has 0 saturated carbocycles. The second kappa shape index (κ2) is 8.83. The number of hydrogen-bond acceptors (Lipinski definition) is 5. The van der Waals surface area contributed by atoms with E-state index in [0.29, 0.717) is 15.2 Å². The van der Waals surface area contributed by atoms with Crippen LogP contribution in [0.2, 0.25) is 0 Å². The number of halogens is 1. The number of anilines is 1. The summed E-state index contributed by atoms with van der Waals surface area (Å²) in [7, 11) is -2.65. The van der Waals surface area contributed by atoms with Crippen LogP contribution in [0.1, 0.15) is 0 Å². The number of para-hydroxylation sites is 2. The van der Waals surface area contributed by atoms with Gasteiger partial charge in [0.25, 0.3) is 15.9 Å². The van der Waals surface area contributed by atoms with E-state index < -0.39 is 28.3 Å². The summed E-state index contributed by atoms with van der Waals surface area (Å²) in [6, 6.07) is 19.6. The Balaban J connectivity index is 1.70. The molecule has 1 amide bonds. The molecule has 0 fully saturated rings. The molecule has 4 rings (SSSR count). The molecule has 3 aromatic carbocycles. The Kier molecular flexibility index (Phi) is 5.93. The third-order valence-corrected chi connectivity index (χ3v) is 6.82. The molecule has 168 valence electrons. The van der Waals surface area contributed by atoms with Crippen molar-refractivity contribution in [2.24, 2.45) is 17.3 Å². The minimum atomic E-state index is -4.28. The molecular formula is C23H19FN4O4S. The van der Waals surface area contributed by atoms with Gasteiger partial charge in [0.2, 0.25) is 5.88 Å². The lowest BCUT2D eigenvalue weighted by molar-refractivity contribution is -0.116. The molecule has 8 nitrogen and oxygen atoms in total. The molecule has 1 aromatic heterocycles. The molecule has 0 aliphatic rings. The maximum absolute atomic E-state index is 14.5. The maximum Gasteiger partial charge on any atom is 0.285 e. The van der Waals surface area contributed by atoms with Crippen molar-refractivity contribution < 1.29 is 22.7 Å². The first-order chi connectivity index (χ1) is 15.8. The van der Waals surface area contributed by atoms with Crippen molar-refractivity contribution in [3.8, 4) is 5.88 Å². The molecule has 33 heavy (non-hydrogen) atoms. The minimum absolute atomic E-state index is 0.0739. The van der Waals surface area contributed by atoms with Gasteiger partial charge < -0.3 is 9.67 Å². The Labute approximate surface area is 189 Å². The van der Waals surface area contributed by atoms with Crippen LogP contribution in [0, 0.1) is 5.82 Å². The van der Waals surface area contributed by atoms with Crippen molar-refractivity contribution >= 4 is 38.2 Å². The Morgan fingerprint density at radius 1 is 1.00 bits per heavy atom. The van der Waals surface area contributed by atoms with Gasteiger partial charge in [-0.15, -0.1) is 10.2 Å². The molecule has 1 heterocycles. The van der Waals surface area contributed by atoms with Crippen molar-refractivity contribution in [3.05, 3.63) is 84.7 Å². The van der Waals surface area contributed by atoms with Gasteiger partial charge in [0.15, 0.2) is 5.69 Å². The molecule has 0 saturated heterocycles. The van der Waals surface area contributed by atoms with Crippen LogP contribution in [0.4, 0.5) is 15.8 Å². The molecule has 0 aliphatic heterocycles. The molecule has 0 unspecified atom stereocenters. The van der Waals surface area contributed by atoms with Gasteiger partial charge in [-0.3, -0.25) is 9.10 Å². The number of azo groups is 1. The lowest BCUT2D eigenvalue weighted by atomic mass is 10.2. The lowest BCUT2D eigenvalue weighted by Gasteiger charge is -2.23. The molecule has 4 aromatic rings. The van der Waals surface area contributed by atoms with Gasteiger partial charge in [0.1, 0.15) is 12.4 Å². The van der Waals surface area contributed by atoms with Crippen LogP contribution in [0.3, 0.4) is 0 Å². The number of fused-ring (bicyclic) bond motifs is 1. The second-order valence-corrected chi connectivity index (χ2v) is 8.98. The number of nitrogens with zero attached hydrogens (tertiary/aromatic N) is 4. The van der Waals surface area contributed by atoms with Gasteiger partial charge >= 0.3 is 0 Å². The number of carbonyl (C=O) groups is 1. The summed E-state index contributed by atoms with van der Waals surface area (Å²) >= 11 is 0. The SMILES string of the molecule is Cn1c(O)c(N=NC(=O)CN(c2ccccc2F)S(=O)(=O)c2ccccc2)c2ccccc21. The summed E-state index contributed by atoms with van der Waals surface area (Å²) in [6.07, 6.45) is 0. The summed E-state index contributed by atoms with van der Waals surface area (Å²) < 4.78 is 43.1. The first kappa shape index (κ1) is 22.2. The van der Waals surface area contributed by atoms with Crippen molar-refractivity contribution in [3.63, 3.8) is 0 Å². The molecule has 10 heteroatoms. The van der Waals surface area contributed by atoms with E-state index in [4.69, 9.17) is 0 Å². The highest BCUT2D eigenvalue weighted by Crippen LogP contribution is 2.37. The standard InChI is InChI=1S/C23H19FN4O4S/c1-27-19-13-7-5-11-17(19)22(23(27)30)26-25-21(29)15-28(20-14-8-6-12-18(20)24)33(31,32)16-9-3-2-4-10-16/h2-14,30H,15H2,1H3. The third-order valence-electron chi connectivity index (χ3n) is 5.04. The number of benzene rings is 3. The van der Waals surface area contributed by atoms with Crippen LogP contribution in [0.15, 0.2) is 94.0 Å². The molecule has 1 N–H and O–H groups in total. The van der Waals surface area contributed by atoms with E-state index in [9.17, 15) is 22.7 Å². The number of carbonyl (C=O) groups excluding carboxylic acids is 1. The molecule has 0 spiro atoms. The first-order valence-electron chi connectivity index (χ1n) is 9.84. The number of sulfonamides is 1. The van der Waals surface area contributed by atoms with Crippen LogP contribution in [-0.2, 0) is 21.9 Å². The van der Waals surface area contributed by atoms with E-state index in [-0.39, 0.29) is 22.2 Å². The highest BCUT2D eigenvalue weighted by Gasteiger charge is 2.29. The minimum Gasteiger partial charge on any atom is -0.493 e. The van der Waals surface area contributed by atoms with Crippen molar-refractivity contribution in [2.45, 2.75) is 4.90 Å². The maximum atomic E-state index is 14.5. The quantitative estimate of drug-likeness (QED) is 0.422. The van der Waals surface area contributed by atoms with Gasteiger partial charge in [-0.25, -0.2) is 12.8 Å². The van der Waals surface area contributed by atoms with E-state index in [1.165, 1.54) is 47.0 Å². The molecule has 0 bridgehead atoms. The summed E-state index contributed by atoms with van der Waals surface area (Å²) in [6.45, 7) is -0.785. The van der Waals surface area contributed by atoms with E-state index in [0.717, 1.165) is 6.07 Å². The highest BCUT2D eigenvalue weighted by atomic mass is 32.2. The van der Waals surface area contributed by atoms with E-state index in [2.05, 4.69) is 10.2 Å². The van der Waals surface area contributed by atoms with Gasteiger partial charge in [-0.1, -0.05) is 48.5 Å². The fraction of sp³-hybridized carbons (Fsp3) is 0.0870. The van der Waals surface area contributed by atoms with Crippen LogP contribution in [-0.4, -0.2) is 30.5 Å². The number of aryl methyl sites for hydroxylation is 1. The van der Waals surface area contributed by atoms with Crippen molar-refractivity contribution in [1.29, 1.82) is 0 Å². The summed E-state index contributed by atoms with van der Waals surface area (Å²) in [5.74, 6) is -1.95. The van der Waals surface area contributed by atoms with Crippen molar-refractivity contribution in [2.75, 3.05) is 10.8 Å². The molecule has 0 aliphatic carbocycles. The number of amides is 1. The molecule has 0 atom stereocenters. The highest BCUT2D eigenvalue weighted by molar-refractivity contribution is 7.92. The fourth-order valence-corrected chi connectivity index (χ4v) is 4.83. The summed E-state index contributed by atoms with van der Waals surface area (Å²) in [5, 5.41) is 18.4. The van der Waals surface area contributed by atoms with E-state index in [1.807, 2.05) is 0 Å². The smallest absolute Gasteiger partial charge is 0.285 e. The zero-order chi connectivity index (χ0) is 23.6. The Morgan fingerprint density at radius 2 is 1.64 bits per heavy atom. The van der Waals surface area contributed by atoms with Gasteiger partial charge in [0.05, 0.1) is 16.1 Å². The lowest BCUT2D eigenvalue weighted by Crippen LogP contribution is -2.35. The zero-order valence-corrected chi connectivity index (χ0v) is 18.3. The van der Waals surface area contributed by atoms with Crippen molar-refractivity contribution in [1.82, 2.24) is 4.57 Å². The van der Waals surface area contributed by atoms with E-state index >= 15 is 0 Å². The topological polar surface area (TPSA) is 104 Å². The number of aromatic hydroxyl groups is 1. The first-order valence-corrected chi connectivity index (χ1v) is 11.3. The monoisotopic (exact) mass is 466 g/mol. The Hall–Kier alpha value is -4.05. The number of rotatable bonds is 6. The predicted molar refractivity (Wildman–Crippen MR) is 121 cm³/mol. The number of aromatic nitrogens is 1. The summed E-state index contributed by atoms with van der Waals surface area (Å²) in [4.78, 5) is 12.6. The van der Waals surface area contributed by atoms with Gasteiger partial charge in [-0.05, 0) is 30.3 Å². The average molecular weight is 466 g/mol. The number of hydrogen-bond donors (Lipinski definition) is 1. The van der Waals surface area contributed by atoms with Crippen LogP contribution < -0.4 is 4.31 Å². The van der Waals surface area contributed by atoms with Crippen LogP contribution in [0.5, 0.6) is 5.88 Å². The molecular weight excluding hydrogens is 447 g/mol. The van der Waals surface area contributed by atoms with Gasteiger partial charge in [-0.2, -0.15) is 0 Å². The predicted octanol–water partition coefficient (Wildman–Crippen LogP) is 4.53. The fourth-order valence-electron chi connectivity index (χ4n) is 3.39. The Morgan fingerprint density at radius 3 is 2.36 bits per heavy atom. The Bertz CT molecular complexity index is 1470. The van der Waals surface area contributed by atoms with E-state index in [1.54, 1.807) is 37.4 Å². The van der Waals surface area contributed by atoms with Crippen LogP contribution >= 0.6 is 0 Å². The largest absolute Gasteiger partial charge is 0.493 e. The molecule has 0 radical (unpaired) electrons. The summed E-state index contributed by atoms with van der Waals surface area (Å²) in [5.41, 5.74) is 0.457. The normalized spacial score (nSPS) is 11.8. The van der Waals surface area contributed by atoms with Gasteiger partial charge in [0, 0.05) is 12.4 Å². The average Bonchev–Trinajstić information content (AvgIpc) is 3.07. The second-order valence-electron chi connectivity index (χ2n) is 7.12.